The van der Waals surface area contributed by atoms with Crippen LogP contribution in [0, 0.1) is 5.92 Å². The van der Waals surface area contributed by atoms with Crippen molar-refractivity contribution in [2.45, 2.75) is 45.3 Å². The topological polar surface area (TPSA) is 91.6 Å². The molecule has 0 radical (unpaired) electrons. The number of anilines is 1. The fourth-order valence-electron chi connectivity index (χ4n) is 2.97. The SMILES string of the molecule is CCCCN(C)C(=O)c1cc(-c2cnc(N(C)C)nc2)cn1CC1CC1.O=C(O)C(F)(F)F. The smallest absolute Gasteiger partial charge is 0.475 e. The first-order chi connectivity index (χ1) is 15.4. The van der Waals surface area contributed by atoms with Crippen molar-refractivity contribution in [3.05, 3.63) is 30.4 Å². The van der Waals surface area contributed by atoms with Crippen LogP contribution in [-0.2, 0) is 11.3 Å². The van der Waals surface area contributed by atoms with Crippen molar-refractivity contribution in [1.29, 1.82) is 0 Å². The van der Waals surface area contributed by atoms with Gasteiger partial charge in [0.15, 0.2) is 0 Å². The van der Waals surface area contributed by atoms with Crippen LogP contribution in [0.5, 0.6) is 0 Å². The second kappa shape index (κ2) is 11.2. The molecule has 1 saturated carbocycles. The number of hydrogen-bond donors (Lipinski definition) is 1. The summed E-state index contributed by atoms with van der Waals surface area (Å²) in [6, 6.07) is 1.99. The van der Waals surface area contributed by atoms with Gasteiger partial charge in [-0.25, -0.2) is 14.8 Å². The lowest BCUT2D eigenvalue weighted by Crippen LogP contribution is -2.29. The highest BCUT2D eigenvalue weighted by molar-refractivity contribution is 5.94. The maximum Gasteiger partial charge on any atom is 0.490 e. The van der Waals surface area contributed by atoms with E-state index in [0.717, 1.165) is 42.8 Å². The number of halogens is 3. The zero-order valence-electron chi connectivity index (χ0n) is 19.3. The molecule has 0 saturated heterocycles. The number of carbonyl (C=O) groups excluding carboxylic acids is 1. The molecule has 1 aliphatic carbocycles. The van der Waals surface area contributed by atoms with Crippen LogP contribution in [0.3, 0.4) is 0 Å². The molecule has 182 valence electrons. The van der Waals surface area contributed by atoms with Gasteiger partial charge in [-0.2, -0.15) is 13.2 Å². The van der Waals surface area contributed by atoms with Gasteiger partial charge in [-0.1, -0.05) is 13.3 Å². The molecule has 2 aromatic heterocycles. The summed E-state index contributed by atoms with van der Waals surface area (Å²) in [6.07, 6.45) is 5.27. The van der Waals surface area contributed by atoms with Gasteiger partial charge in [-0.15, -0.1) is 0 Å². The maximum absolute atomic E-state index is 12.9. The summed E-state index contributed by atoms with van der Waals surface area (Å²) in [4.78, 5) is 34.3. The third kappa shape index (κ3) is 7.76. The molecule has 1 fully saturated rings. The van der Waals surface area contributed by atoms with E-state index in [1.807, 2.05) is 49.4 Å². The third-order valence-corrected chi connectivity index (χ3v) is 5.08. The highest BCUT2D eigenvalue weighted by Crippen LogP contribution is 2.32. The van der Waals surface area contributed by atoms with E-state index < -0.39 is 12.1 Å². The van der Waals surface area contributed by atoms with E-state index in [0.29, 0.717) is 11.9 Å². The van der Waals surface area contributed by atoms with Crippen LogP contribution in [0.1, 0.15) is 43.1 Å². The van der Waals surface area contributed by atoms with Crippen LogP contribution in [0.2, 0.25) is 0 Å². The standard InChI is InChI=1S/C20H29N5O.C2HF3O2/c1-5-6-9-24(4)19(26)18-10-16(14-25(18)13-15-7-8-15)17-11-21-20(22-12-17)23(2)3;3-2(4,5)1(6)7/h10-12,14-15H,5-9,13H2,1-4H3;(H,6,7). The van der Waals surface area contributed by atoms with Crippen molar-refractivity contribution in [3.8, 4) is 11.1 Å². The van der Waals surface area contributed by atoms with Crippen molar-refractivity contribution >= 4 is 17.8 Å². The lowest BCUT2D eigenvalue weighted by atomic mass is 10.2. The molecule has 0 aromatic carbocycles. The highest BCUT2D eigenvalue weighted by Gasteiger charge is 2.38. The van der Waals surface area contributed by atoms with E-state index in [1.165, 1.54) is 12.8 Å². The van der Waals surface area contributed by atoms with Gasteiger partial charge in [0.25, 0.3) is 5.91 Å². The van der Waals surface area contributed by atoms with E-state index in [2.05, 4.69) is 27.7 Å². The fourth-order valence-corrected chi connectivity index (χ4v) is 2.97. The average molecular weight is 470 g/mol. The molecule has 33 heavy (non-hydrogen) atoms. The molecule has 1 aliphatic rings. The minimum atomic E-state index is -5.08. The van der Waals surface area contributed by atoms with Gasteiger partial charge in [0.05, 0.1) is 0 Å². The first-order valence-corrected chi connectivity index (χ1v) is 10.7. The fraction of sp³-hybridized carbons (Fsp3) is 0.545. The number of carboxylic acid groups (broad SMARTS) is 1. The number of amides is 1. The molecule has 3 rings (SSSR count). The Hall–Kier alpha value is -3.11. The molecule has 1 N–H and O–H groups in total. The maximum atomic E-state index is 12.9. The van der Waals surface area contributed by atoms with Crippen molar-refractivity contribution < 1.29 is 27.9 Å². The largest absolute Gasteiger partial charge is 0.490 e. The van der Waals surface area contributed by atoms with Gasteiger partial charge in [-0.3, -0.25) is 4.79 Å². The zero-order chi connectivity index (χ0) is 24.8. The summed E-state index contributed by atoms with van der Waals surface area (Å²) in [6.45, 7) is 3.85. The van der Waals surface area contributed by atoms with Gasteiger partial charge >= 0.3 is 12.1 Å². The van der Waals surface area contributed by atoms with Crippen LogP contribution >= 0.6 is 0 Å². The Labute approximate surface area is 191 Å². The van der Waals surface area contributed by atoms with E-state index >= 15 is 0 Å². The van der Waals surface area contributed by atoms with Crippen molar-refractivity contribution in [1.82, 2.24) is 19.4 Å². The third-order valence-electron chi connectivity index (χ3n) is 5.08. The predicted octanol–water partition coefficient (Wildman–Crippen LogP) is 3.93. The van der Waals surface area contributed by atoms with E-state index in [-0.39, 0.29) is 5.91 Å². The molecule has 0 atom stereocenters. The Morgan fingerprint density at radius 2 is 1.73 bits per heavy atom. The zero-order valence-corrected chi connectivity index (χ0v) is 19.3. The van der Waals surface area contributed by atoms with Gasteiger partial charge in [0.2, 0.25) is 5.95 Å². The monoisotopic (exact) mass is 469 g/mol. The Balaban J connectivity index is 0.000000479. The second-order valence-corrected chi connectivity index (χ2v) is 8.26. The predicted molar refractivity (Wildman–Crippen MR) is 118 cm³/mol. The first kappa shape index (κ1) is 26.1. The number of unbranched alkanes of at least 4 members (excludes halogenated alkanes) is 1. The second-order valence-electron chi connectivity index (χ2n) is 8.26. The number of nitrogens with zero attached hydrogens (tertiary/aromatic N) is 5. The quantitative estimate of drug-likeness (QED) is 0.630. The molecule has 0 bridgehead atoms. The lowest BCUT2D eigenvalue weighted by molar-refractivity contribution is -0.192. The summed E-state index contributed by atoms with van der Waals surface area (Å²) in [5.74, 6) is -1.28. The lowest BCUT2D eigenvalue weighted by Gasteiger charge is -2.18. The van der Waals surface area contributed by atoms with Crippen LogP contribution in [0.25, 0.3) is 11.1 Å². The number of carbonyl (C=O) groups is 2. The molecule has 0 aliphatic heterocycles. The molecule has 8 nitrogen and oxygen atoms in total. The highest BCUT2D eigenvalue weighted by atomic mass is 19.4. The molecule has 1 amide bonds. The van der Waals surface area contributed by atoms with E-state index in [9.17, 15) is 18.0 Å². The van der Waals surface area contributed by atoms with Gasteiger partial charge < -0.3 is 19.5 Å². The Kier molecular flexibility index (Phi) is 8.84. The Morgan fingerprint density at radius 3 is 2.18 bits per heavy atom. The first-order valence-electron chi connectivity index (χ1n) is 10.7. The Morgan fingerprint density at radius 1 is 1.15 bits per heavy atom. The van der Waals surface area contributed by atoms with Crippen molar-refractivity contribution in [2.24, 2.45) is 5.92 Å². The molecule has 11 heteroatoms. The van der Waals surface area contributed by atoms with E-state index in [1.54, 1.807) is 0 Å². The van der Waals surface area contributed by atoms with Crippen LogP contribution in [-0.4, -0.2) is 70.3 Å². The molecule has 0 unspecified atom stereocenters. The van der Waals surface area contributed by atoms with Crippen molar-refractivity contribution in [3.63, 3.8) is 0 Å². The summed E-state index contributed by atoms with van der Waals surface area (Å²) < 4.78 is 33.9. The number of alkyl halides is 3. The number of aliphatic carboxylic acids is 1. The molecular formula is C22H30F3N5O3. The van der Waals surface area contributed by atoms with Gasteiger partial charge in [0.1, 0.15) is 5.69 Å². The molecular weight excluding hydrogens is 439 g/mol. The molecule has 2 aromatic rings. The number of rotatable bonds is 8. The summed E-state index contributed by atoms with van der Waals surface area (Å²) >= 11 is 0. The number of aromatic nitrogens is 3. The molecule has 2 heterocycles. The van der Waals surface area contributed by atoms with Gasteiger partial charge in [-0.05, 0) is 31.2 Å². The minimum Gasteiger partial charge on any atom is -0.475 e. The summed E-state index contributed by atoms with van der Waals surface area (Å²) in [5.41, 5.74) is 2.71. The van der Waals surface area contributed by atoms with E-state index in [4.69, 9.17) is 9.90 Å². The average Bonchev–Trinajstić information content (AvgIpc) is 3.48. The van der Waals surface area contributed by atoms with Crippen LogP contribution in [0.15, 0.2) is 24.7 Å². The number of hydrogen-bond acceptors (Lipinski definition) is 5. The Bertz CT molecular complexity index is 938. The molecule has 0 spiro atoms. The normalized spacial score (nSPS) is 13.2. The number of carboxylic acids is 1. The van der Waals surface area contributed by atoms with Crippen molar-refractivity contribution in [2.75, 3.05) is 32.6 Å². The summed E-state index contributed by atoms with van der Waals surface area (Å²) in [7, 11) is 5.73. The van der Waals surface area contributed by atoms with Crippen LogP contribution in [0.4, 0.5) is 19.1 Å². The summed E-state index contributed by atoms with van der Waals surface area (Å²) in [5, 5.41) is 7.12. The minimum absolute atomic E-state index is 0.0937. The van der Waals surface area contributed by atoms with Crippen LogP contribution < -0.4 is 4.90 Å². The van der Waals surface area contributed by atoms with Gasteiger partial charge in [0, 0.05) is 63.9 Å².